The zero-order valence-electron chi connectivity index (χ0n) is 26.2. The van der Waals surface area contributed by atoms with Crippen LogP contribution in [0.4, 0.5) is 5.69 Å². The van der Waals surface area contributed by atoms with E-state index in [1.807, 2.05) is 38.1 Å². The molecule has 1 fully saturated rings. The third kappa shape index (κ3) is 8.92. The highest BCUT2D eigenvalue weighted by atomic mass is 16.7. The molecule has 0 amide bonds. The van der Waals surface area contributed by atoms with E-state index in [9.17, 15) is 19.7 Å². The van der Waals surface area contributed by atoms with E-state index in [-0.39, 0.29) is 29.7 Å². The second kappa shape index (κ2) is 16.7. The second-order valence-electron chi connectivity index (χ2n) is 10.8. The topological polar surface area (TPSA) is 135 Å². The molecule has 2 aliphatic heterocycles. The summed E-state index contributed by atoms with van der Waals surface area (Å²) >= 11 is 0. The number of nitro benzene ring substituents is 1. The van der Waals surface area contributed by atoms with Crippen LogP contribution in [0.5, 0.6) is 5.75 Å². The van der Waals surface area contributed by atoms with Crippen LogP contribution in [0.15, 0.2) is 71.1 Å². The average molecular weight is 623 g/mol. The van der Waals surface area contributed by atoms with Crippen LogP contribution < -0.4 is 10.1 Å². The number of nitro groups is 1. The van der Waals surface area contributed by atoms with E-state index in [0.717, 1.165) is 37.9 Å². The molecule has 242 valence electrons. The number of hydrogen-bond acceptors (Lipinski definition) is 10. The third-order valence-electron chi connectivity index (χ3n) is 7.82. The second-order valence-corrected chi connectivity index (χ2v) is 10.8. The fourth-order valence-electron chi connectivity index (χ4n) is 5.51. The minimum absolute atomic E-state index is 0.0809. The number of ether oxygens (including phenoxy) is 5. The lowest BCUT2D eigenvalue weighted by Crippen LogP contribution is -2.33. The first kappa shape index (κ1) is 33.7. The zero-order chi connectivity index (χ0) is 32.2. The monoisotopic (exact) mass is 622 g/mol. The highest BCUT2D eigenvalue weighted by molar-refractivity contribution is 6.00. The van der Waals surface area contributed by atoms with Gasteiger partial charge in [-0.1, -0.05) is 38.1 Å². The summed E-state index contributed by atoms with van der Waals surface area (Å²) in [6, 6.07) is 13.8. The van der Waals surface area contributed by atoms with Crippen LogP contribution in [0.3, 0.4) is 0 Å². The predicted molar refractivity (Wildman–Crippen MR) is 166 cm³/mol. The Kier molecular flexibility index (Phi) is 12.5. The fraction of sp³-hybridized carbons (Fsp3) is 0.471. The molecule has 2 aromatic carbocycles. The van der Waals surface area contributed by atoms with E-state index in [1.165, 1.54) is 25.3 Å². The number of hydrogen-bond donors (Lipinski definition) is 1. The maximum atomic E-state index is 13.6. The molecule has 1 saturated heterocycles. The van der Waals surface area contributed by atoms with Gasteiger partial charge in [-0.3, -0.25) is 10.1 Å². The SMILES string of the molecule is CCC1=C(C(=O)OC)C(c2cccc([N+](=O)[O-])c2)C(C(=O)OCCCOc2ccc(CCOC3CCCCO3)cc2)=C(CC)N1. The number of carbonyl (C=O) groups excluding carboxylic acids is 2. The number of methoxy groups -OCH3 is 1. The molecule has 2 atom stereocenters. The maximum absolute atomic E-state index is 13.6. The largest absolute Gasteiger partial charge is 0.493 e. The number of nitrogens with one attached hydrogen (secondary N) is 1. The highest BCUT2D eigenvalue weighted by Crippen LogP contribution is 2.41. The standard InChI is InChI=1S/C34H42N2O9/c1-4-27-31(33(37)41-3)30(24-10-8-11-25(22-24)36(39)40)32(28(5-2)35-27)34(38)45-20-9-19-42-26-15-13-23(14-16-26)17-21-44-29-12-6-7-18-43-29/h8,10-11,13-16,22,29-30,35H,4-7,9,12,17-21H2,1-3H3. The normalized spacial score (nSPS) is 18.3. The Morgan fingerprint density at radius 2 is 1.71 bits per heavy atom. The number of allylic oxidation sites excluding steroid dienone is 2. The Balaban J connectivity index is 1.36. The fourth-order valence-corrected chi connectivity index (χ4v) is 5.51. The third-order valence-corrected chi connectivity index (χ3v) is 7.82. The van der Waals surface area contributed by atoms with Crippen LogP contribution >= 0.6 is 0 Å². The summed E-state index contributed by atoms with van der Waals surface area (Å²) in [7, 11) is 1.26. The minimum atomic E-state index is -0.897. The highest BCUT2D eigenvalue weighted by Gasteiger charge is 2.39. The van der Waals surface area contributed by atoms with Gasteiger partial charge in [0.1, 0.15) is 5.75 Å². The summed E-state index contributed by atoms with van der Waals surface area (Å²) in [4.78, 5) is 37.6. The molecule has 2 aliphatic rings. The van der Waals surface area contributed by atoms with E-state index in [2.05, 4.69) is 5.32 Å². The van der Waals surface area contributed by atoms with Gasteiger partial charge in [-0.15, -0.1) is 0 Å². The van der Waals surface area contributed by atoms with Gasteiger partial charge in [0.15, 0.2) is 6.29 Å². The Morgan fingerprint density at radius 1 is 0.978 bits per heavy atom. The van der Waals surface area contributed by atoms with Gasteiger partial charge < -0.3 is 29.0 Å². The number of rotatable bonds is 15. The van der Waals surface area contributed by atoms with Gasteiger partial charge in [-0.05, 0) is 61.8 Å². The van der Waals surface area contributed by atoms with E-state index >= 15 is 0 Å². The molecule has 2 unspecified atom stereocenters. The predicted octanol–water partition coefficient (Wildman–Crippen LogP) is 5.88. The van der Waals surface area contributed by atoms with Crippen LogP contribution in [-0.2, 0) is 35.0 Å². The number of esters is 2. The van der Waals surface area contributed by atoms with Gasteiger partial charge in [0, 0.05) is 36.6 Å². The maximum Gasteiger partial charge on any atom is 0.336 e. The van der Waals surface area contributed by atoms with Crippen LogP contribution in [0.2, 0.25) is 0 Å². The van der Waals surface area contributed by atoms with Crippen molar-refractivity contribution in [2.24, 2.45) is 0 Å². The van der Waals surface area contributed by atoms with Crippen molar-refractivity contribution in [3.63, 3.8) is 0 Å². The van der Waals surface area contributed by atoms with Crippen molar-refractivity contribution in [1.29, 1.82) is 0 Å². The molecule has 0 saturated carbocycles. The van der Waals surface area contributed by atoms with Crippen molar-refractivity contribution in [2.45, 2.75) is 71.0 Å². The number of nitrogens with zero attached hydrogens (tertiary/aromatic N) is 1. The van der Waals surface area contributed by atoms with E-state index in [0.29, 0.717) is 55.2 Å². The summed E-state index contributed by atoms with van der Waals surface area (Å²) < 4.78 is 28.0. The number of non-ortho nitro benzene ring substituents is 1. The summed E-state index contributed by atoms with van der Waals surface area (Å²) in [5, 5.41) is 14.8. The van der Waals surface area contributed by atoms with Crippen LogP contribution in [0, 0.1) is 10.1 Å². The molecular weight excluding hydrogens is 580 g/mol. The van der Waals surface area contributed by atoms with Gasteiger partial charge in [0.25, 0.3) is 5.69 Å². The van der Waals surface area contributed by atoms with Crippen LogP contribution in [0.25, 0.3) is 0 Å². The molecule has 0 spiro atoms. The number of benzene rings is 2. The molecule has 11 heteroatoms. The summed E-state index contributed by atoms with van der Waals surface area (Å²) in [6.07, 6.45) is 5.21. The lowest BCUT2D eigenvalue weighted by atomic mass is 9.79. The van der Waals surface area contributed by atoms with Gasteiger partial charge in [0.2, 0.25) is 0 Å². The average Bonchev–Trinajstić information content (AvgIpc) is 3.07. The van der Waals surface area contributed by atoms with Crippen molar-refractivity contribution < 1.29 is 38.2 Å². The number of dihydropyridines is 1. The van der Waals surface area contributed by atoms with Crippen molar-refractivity contribution in [3.8, 4) is 5.75 Å². The molecule has 0 aliphatic carbocycles. The smallest absolute Gasteiger partial charge is 0.336 e. The molecule has 11 nitrogen and oxygen atoms in total. The van der Waals surface area contributed by atoms with Gasteiger partial charge >= 0.3 is 11.9 Å². The lowest BCUT2D eigenvalue weighted by molar-refractivity contribution is -0.384. The van der Waals surface area contributed by atoms with Crippen LogP contribution in [0.1, 0.15) is 69.4 Å². The van der Waals surface area contributed by atoms with Crippen molar-refractivity contribution in [3.05, 3.63) is 92.3 Å². The molecule has 0 radical (unpaired) electrons. The molecule has 0 bridgehead atoms. The van der Waals surface area contributed by atoms with Gasteiger partial charge in [0.05, 0.1) is 48.9 Å². The minimum Gasteiger partial charge on any atom is -0.493 e. The Bertz CT molecular complexity index is 1390. The van der Waals surface area contributed by atoms with Gasteiger partial charge in [-0.25, -0.2) is 9.59 Å². The first-order valence-corrected chi connectivity index (χ1v) is 15.5. The Hall–Kier alpha value is -4.22. The van der Waals surface area contributed by atoms with Crippen molar-refractivity contribution in [2.75, 3.05) is 33.5 Å². The molecule has 2 aromatic rings. The number of carbonyl (C=O) groups is 2. The molecule has 45 heavy (non-hydrogen) atoms. The lowest BCUT2D eigenvalue weighted by Gasteiger charge is -2.32. The van der Waals surface area contributed by atoms with E-state index in [4.69, 9.17) is 23.7 Å². The van der Waals surface area contributed by atoms with E-state index < -0.39 is 22.8 Å². The molecule has 0 aromatic heterocycles. The molecule has 1 N–H and O–H groups in total. The first-order chi connectivity index (χ1) is 21.9. The first-order valence-electron chi connectivity index (χ1n) is 15.5. The molecular formula is C34H42N2O9. The van der Waals surface area contributed by atoms with Gasteiger partial charge in [-0.2, -0.15) is 0 Å². The van der Waals surface area contributed by atoms with Crippen molar-refractivity contribution in [1.82, 2.24) is 5.32 Å². The quantitative estimate of drug-likeness (QED) is 0.111. The van der Waals surface area contributed by atoms with Crippen molar-refractivity contribution >= 4 is 17.6 Å². The van der Waals surface area contributed by atoms with E-state index in [1.54, 1.807) is 6.07 Å². The molecule has 2 heterocycles. The molecule has 4 rings (SSSR count). The Labute approximate surface area is 263 Å². The Morgan fingerprint density at radius 3 is 2.36 bits per heavy atom. The van der Waals surface area contributed by atoms with Crippen LogP contribution in [-0.4, -0.2) is 56.7 Å². The summed E-state index contributed by atoms with van der Waals surface area (Å²) in [5.74, 6) is -1.43. The summed E-state index contributed by atoms with van der Waals surface area (Å²) in [5.41, 5.74) is 3.06. The zero-order valence-corrected chi connectivity index (χ0v) is 26.2. The summed E-state index contributed by atoms with van der Waals surface area (Å²) in [6.45, 7) is 5.53.